The molecule has 5 heteroatoms. The first-order valence-electron chi connectivity index (χ1n) is 8.05. The number of carbonyl (C=O) groups is 1. The van der Waals surface area contributed by atoms with Gasteiger partial charge in [-0.1, -0.05) is 49.2 Å². The first kappa shape index (κ1) is 18.1. The highest BCUT2D eigenvalue weighted by atomic mass is 35.5. The number of nitrogens with one attached hydrogen (secondary N) is 1. The van der Waals surface area contributed by atoms with E-state index >= 15 is 0 Å². The molecule has 0 aliphatic carbocycles. The van der Waals surface area contributed by atoms with Gasteiger partial charge in [0.2, 0.25) is 0 Å². The quantitative estimate of drug-likeness (QED) is 0.689. The largest absolute Gasteiger partial charge is 0.491 e. The number of rotatable bonds is 8. The number of para-hydroxylation sites is 3. The Morgan fingerprint density at radius 3 is 2.50 bits per heavy atom. The van der Waals surface area contributed by atoms with Crippen molar-refractivity contribution in [2.45, 2.75) is 32.8 Å². The van der Waals surface area contributed by atoms with Crippen LogP contribution in [0.15, 0.2) is 48.5 Å². The van der Waals surface area contributed by atoms with Crippen LogP contribution in [0.3, 0.4) is 0 Å². The smallest absolute Gasteiger partial charge is 0.265 e. The van der Waals surface area contributed by atoms with Crippen molar-refractivity contribution in [1.82, 2.24) is 0 Å². The second-order valence-corrected chi connectivity index (χ2v) is 5.79. The third-order valence-electron chi connectivity index (χ3n) is 3.41. The summed E-state index contributed by atoms with van der Waals surface area (Å²) in [7, 11) is 0. The molecule has 1 N–H and O–H groups in total. The number of benzene rings is 2. The molecule has 1 atom stereocenters. The van der Waals surface area contributed by atoms with Gasteiger partial charge in [0.25, 0.3) is 5.91 Å². The van der Waals surface area contributed by atoms with E-state index in [9.17, 15) is 4.79 Å². The number of ether oxygens (including phenoxy) is 2. The molecule has 0 aromatic heterocycles. The Labute approximate surface area is 147 Å². The van der Waals surface area contributed by atoms with Gasteiger partial charge in [-0.15, -0.1) is 0 Å². The maximum absolute atomic E-state index is 12.4. The standard InChI is InChI=1S/C19H22ClNO3/c1-3-4-13-23-18-12-8-6-10-16(18)21-19(22)14(2)24-17-11-7-5-9-15(17)20/h5-12,14H,3-4,13H2,1-2H3,(H,21,22). The average molecular weight is 348 g/mol. The van der Waals surface area contributed by atoms with Crippen LogP contribution in [0.5, 0.6) is 11.5 Å². The van der Waals surface area contributed by atoms with Gasteiger partial charge in [-0.2, -0.15) is 0 Å². The summed E-state index contributed by atoms with van der Waals surface area (Å²) >= 11 is 6.05. The van der Waals surface area contributed by atoms with Gasteiger partial charge in [0.15, 0.2) is 6.10 Å². The monoisotopic (exact) mass is 347 g/mol. The molecule has 0 spiro atoms. The van der Waals surface area contributed by atoms with E-state index in [1.54, 1.807) is 25.1 Å². The van der Waals surface area contributed by atoms with Crippen molar-refractivity contribution in [3.63, 3.8) is 0 Å². The van der Waals surface area contributed by atoms with E-state index in [-0.39, 0.29) is 5.91 Å². The van der Waals surface area contributed by atoms with Gasteiger partial charge < -0.3 is 14.8 Å². The highest BCUT2D eigenvalue weighted by Crippen LogP contribution is 2.26. The lowest BCUT2D eigenvalue weighted by atomic mass is 10.2. The number of unbranched alkanes of at least 4 members (excludes halogenated alkanes) is 1. The summed E-state index contributed by atoms with van der Waals surface area (Å²) in [5, 5.41) is 3.32. The second kappa shape index (κ2) is 9.18. The Balaban J connectivity index is 2.00. The van der Waals surface area contributed by atoms with Crippen LogP contribution in [0.2, 0.25) is 5.02 Å². The molecule has 0 fully saturated rings. The van der Waals surface area contributed by atoms with Gasteiger partial charge >= 0.3 is 0 Å². The number of carbonyl (C=O) groups excluding carboxylic acids is 1. The molecule has 0 heterocycles. The van der Waals surface area contributed by atoms with E-state index < -0.39 is 6.10 Å². The molecule has 2 rings (SSSR count). The molecule has 24 heavy (non-hydrogen) atoms. The number of hydrogen-bond acceptors (Lipinski definition) is 3. The SMILES string of the molecule is CCCCOc1ccccc1NC(=O)C(C)Oc1ccccc1Cl. The summed E-state index contributed by atoms with van der Waals surface area (Å²) in [6, 6.07) is 14.4. The molecule has 0 aliphatic heterocycles. The summed E-state index contributed by atoms with van der Waals surface area (Å²) in [4.78, 5) is 12.4. The van der Waals surface area contributed by atoms with Crippen molar-refractivity contribution in [1.29, 1.82) is 0 Å². The van der Waals surface area contributed by atoms with E-state index in [1.807, 2.05) is 30.3 Å². The molecule has 128 valence electrons. The summed E-state index contributed by atoms with van der Waals surface area (Å²) in [5.41, 5.74) is 0.633. The minimum Gasteiger partial charge on any atom is -0.491 e. The van der Waals surface area contributed by atoms with Crippen molar-refractivity contribution >= 4 is 23.2 Å². The van der Waals surface area contributed by atoms with Crippen LogP contribution < -0.4 is 14.8 Å². The van der Waals surface area contributed by atoms with Crippen LogP contribution in [0, 0.1) is 0 Å². The van der Waals surface area contributed by atoms with Crippen LogP contribution in [0.25, 0.3) is 0 Å². The highest BCUT2D eigenvalue weighted by molar-refractivity contribution is 6.32. The molecule has 0 bridgehead atoms. The molecule has 0 saturated heterocycles. The zero-order chi connectivity index (χ0) is 17.4. The Kier molecular flexibility index (Phi) is 6.94. The minimum atomic E-state index is -0.686. The van der Waals surface area contributed by atoms with Crippen molar-refractivity contribution in [3.05, 3.63) is 53.6 Å². The van der Waals surface area contributed by atoms with Gasteiger partial charge in [-0.25, -0.2) is 0 Å². The predicted molar refractivity (Wildman–Crippen MR) is 97.0 cm³/mol. The van der Waals surface area contributed by atoms with Crippen molar-refractivity contribution in [2.24, 2.45) is 0 Å². The summed E-state index contributed by atoms with van der Waals surface area (Å²) in [6.45, 7) is 4.40. The van der Waals surface area contributed by atoms with E-state index in [1.165, 1.54) is 0 Å². The molecule has 0 saturated carbocycles. The molecule has 4 nitrogen and oxygen atoms in total. The lowest BCUT2D eigenvalue weighted by Crippen LogP contribution is -2.30. The topological polar surface area (TPSA) is 47.6 Å². The number of amides is 1. The Morgan fingerprint density at radius 2 is 1.79 bits per heavy atom. The average Bonchev–Trinajstić information content (AvgIpc) is 2.58. The van der Waals surface area contributed by atoms with Crippen molar-refractivity contribution < 1.29 is 14.3 Å². The third-order valence-corrected chi connectivity index (χ3v) is 3.72. The van der Waals surface area contributed by atoms with Crippen molar-refractivity contribution in [2.75, 3.05) is 11.9 Å². The van der Waals surface area contributed by atoms with E-state index in [0.29, 0.717) is 28.8 Å². The number of halogens is 1. The molecular weight excluding hydrogens is 326 g/mol. The van der Waals surface area contributed by atoms with Gasteiger partial charge in [-0.05, 0) is 37.6 Å². The third kappa shape index (κ3) is 5.17. The molecule has 0 aliphatic rings. The van der Waals surface area contributed by atoms with Crippen LogP contribution >= 0.6 is 11.6 Å². The fourth-order valence-electron chi connectivity index (χ4n) is 2.04. The van der Waals surface area contributed by atoms with Crippen molar-refractivity contribution in [3.8, 4) is 11.5 Å². The number of anilines is 1. The van der Waals surface area contributed by atoms with Gasteiger partial charge in [0.1, 0.15) is 11.5 Å². The lowest BCUT2D eigenvalue weighted by Gasteiger charge is -2.17. The molecular formula is C19H22ClNO3. The van der Waals surface area contributed by atoms with E-state index in [2.05, 4.69) is 12.2 Å². The first-order chi connectivity index (χ1) is 11.6. The highest BCUT2D eigenvalue weighted by Gasteiger charge is 2.17. The maximum atomic E-state index is 12.4. The van der Waals surface area contributed by atoms with Crippen LogP contribution in [0.1, 0.15) is 26.7 Å². The maximum Gasteiger partial charge on any atom is 0.265 e. The number of hydrogen-bond donors (Lipinski definition) is 1. The minimum absolute atomic E-state index is 0.263. The van der Waals surface area contributed by atoms with Gasteiger partial charge in [0.05, 0.1) is 17.3 Å². The van der Waals surface area contributed by atoms with Gasteiger partial charge in [0, 0.05) is 0 Å². The summed E-state index contributed by atoms with van der Waals surface area (Å²) < 4.78 is 11.4. The fourth-order valence-corrected chi connectivity index (χ4v) is 2.22. The molecule has 1 unspecified atom stereocenters. The predicted octanol–water partition coefficient (Wildman–Crippen LogP) is 4.92. The summed E-state index contributed by atoms with van der Waals surface area (Å²) in [6.07, 6.45) is 1.33. The lowest BCUT2D eigenvalue weighted by molar-refractivity contribution is -0.122. The Hall–Kier alpha value is -2.20. The molecule has 1 amide bonds. The first-order valence-corrected chi connectivity index (χ1v) is 8.43. The fraction of sp³-hybridized carbons (Fsp3) is 0.316. The molecule has 0 radical (unpaired) electrons. The molecule has 2 aromatic rings. The second-order valence-electron chi connectivity index (χ2n) is 5.38. The summed E-state index contributed by atoms with van der Waals surface area (Å²) in [5.74, 6) is 0.875. The Morgan fingerprint density at radius 1 is 1.12 bits per heavy atom. The normalized spacial score (nSPS) is 11.6. The van der Waals surface area contributed by atoms with Crippen LogP contribution in [0.4, 0.5) is 5.69 Å². The zero-order valence-electron chi connectivity index (χ0n) is 13.9. The van der Waals surface area contributed by atoms with E-state index in [0.717, 1.165) is 12.8 Å². The van der Waals surface area contributed by atoms with Gasteiger partial charge in [-0.3, -0.25) is 4.79 Å². The van der Waals surface area contributed by atoms with Crippen LogP contribution in [-0.4, -0.2) is 18.6 Å². The zero-order valence-corrected chi connectivity index (χ0v) is 14.7. The van der Waals surface area contributed by atoms with E-state index in [4.69, 9.17) is 21.1 Å². The van der Waals surface area contributed by atoms with Crippen LogP contribution in [-0.2, 0) is 4.79 Å². The molecule has 2 aromatic carbocycles. The Bertz CT molecular complexity index is 675.